The predicted molar refractivity (Wildman–Crippen MR) is 112 cm³/mol. The minimum absolute atomic E-state index is 0.0967. The molecular weight excluding hydrogens is 404 g/mol. The number of likely N-dealkylation sites (tertiary alicyclic amines) is 1. The van der Waals surface area contributed by atoms with Gasteiger partial charge in [-0.2, -0.15) is 0 Å². The molecule has 1 saturated heterocycles. The van der Waals surface area contributed by atoms with Crippen LogP contribution >= 0.6 is 0 Å². The third kappa shape index (κ3) is 7.34. The largest absolute Gasteiger partial charge is 0.375 e. The number of hydrogen-bond donors (Lipinski definition) is 3. The van der Waals surface area contributed by atoms with Gasteiger partial charge in [-0.15, -0.1) is 0 Å². The molecule has 0 bridgehead atoms. The van der Waals surface area contributed by atoms with E-state index in [9.17, 15) is 19.2 Å². The van der Waals surface area contributed by atoms with Crippen LogP contribution in [0.15, 0.2) is 30.3 Å². The standard InChI is InChI=1S/C21H30N4O6/c1-30-12-18(26)23-15-8-9-25(19(27)13-31-2)17(11-15)21(29)24-16(20(22)28)10-14-6-4-3-5-7-14/h3-7,15-17H,8-13H2,1-2H3,(H2,22,28)(H,23,26)(H,24,29)/t15-,16-,17+/m1/s1. The second kappa shape index (κ2) is 12.0. The summed E-state index contributed by atoms with van der Waals surface area (Å²) in [7, 11) is 2.81. The van der Waals surface area contributed by atoms with E-state index < -0.39 is 23.9 Å². The second-order valence-electron chi connectivity index (χ2n) is 7.41. The van der Waals surface area contributed by atoms with Crippen molar-refractivity contribution >= 4 is 23.6 Å². The van der Waals surface area contributed by atoms with Gasteiger partial charge < -0.3 is 30.7 Å². The van der Waals surface area contributed by atoms with Crippen LogP contribution in [0.2, 0.25) is 0 Å². The van der Waals surface area contributed by atoms with E-state index in [0.717, 1.165) is 5.56 Å². The second-order valence-corrected chi connectivity index (χ2v) is 7.41. The van der Waals surface area contributed by atoms with E-state index in [1.165, 1.54) is 19.1 Å². The fourth-order valence-electron chi connectivity index (χ4n) is 3.59. The van der Waals surface area contributed by atoms with Gasteiger partial charge in [0.25, 0.3) is 0 Å². The Morgan fingerprint density at radius 2 is 1.81 bits per heavy atom. The van der Waals surface area contributed by atoms with Crippen LogP contribution in [-0.4, -0.2) is 80.6 Å². The van der Waals surface area contributed by atoms with Gasteiger partial charge in [0, 0.05) is 33.2 Å². The SMILES string of the molecule is COCC(=O)N[C@@H]1CCN(C(=O)COC)[C@H](C(=O)N[C@H](Cc2ccccc2)C(N)=O)C1. The summed E-state index contributed by atoms with van der Waals surface area (Å²) in [6.07, 6.45) is 0.917. The molecule has 1 aromatic carbocycles. The fourth-order valence-corrected chi connectivity index (χ4v) is 3.59. The zero-order chi connectivity index (χ0) is 22.8. The lowest BCUT2D eigenvalue weighted by Gasteiger charge is -2.39. The van der Waals surface area contributed by atoms with Crippen LogP contribution in [0.4, 0.5) is 0 Å². The van der Waals surface area contributed by atoms with E-state index in [1.807, 2.05) is 30.3 Å². The van der Waals surface area contributed by atoms with Crippen LogP contribution in [0.1, 0.15) is 18.4 Å². The Bertz CT molecular complexity index is 772. The minimum atomic E-state index is -0.933. The van der Waals surface area contributed by atoms with E-state index in [-0.39, 0.29) is 50.5 Å². The Kier molecular flexibility index (Phi) is 9.41. The number of carbonyl (C=O) groups excluding carboxylic acids is 4. The highest BCUT2D eigenvalue weighted by molar-refractivity contribution is 5.92. The summed E-state index contributed by atoms with van der Waals surface area (Å²) in [4.78, 5) is 50.8. The van der Waals surface area contributed by atoms with Gasteiger partial charge in [-0.25, -0.2) is 0 Å². The smallest absolute Gasteiger partial charge is 0.249 e. The molecule has 10 heteroatoms. The van der Waals surface area contributed by atoms with E-state index in [0.29, 0.717) is 6.42 Å². The first-order valence-corrected chi connectivity index (χ1v) is 10.1. The molecular formula is C21H30N4O6. The molecule has 3 atom stereocenters. The molecule has 1 aliphatic rings. The third-order valence-corrected chi connectivity index (χ3v) is 5.08. The summed E-state index contributed by atoms with van der Waals surface area (Å²) in [5, 5.41) is 5.48. The molecule has 0 aromatic heterocycles. The van der Waals surface area contributed by atoms with E-state index in [4.69, 9.17) is 15.2 Å². The summed E-state index contributed by atoms with van der Waals surface area (Å²) in [6.45, 7) is -0.00756. The molecule has 1 heterocycles. The van der Waals surface area contributed by atoms with Crippen molar-refractivity contribution in [3.05, 3.63) is 35.9 Å². The Hall–Kier alpha value is -2.98. The number of amides is 4. The van der Waals surface area contributed by atoms with Crippen molar-refractivity contribution in [3.8, 4) is 0 Å². The number of carbonyl (C=O) groups is 4. The number of rotatable bonds is 10. The molecule has 4 amide bonds. The van der Waals surface area contributed by atoms with Gasteiger partial charge in [0.2, 0.25) is 23.6 Å². The van der Waals surface area contributed by atoms with Gasteiger partial charge in [-0.3, -0.25) is 19.2 Å². The third-order valence-electron chi connectivity index (χ3n) is 5.08. The Morgan fingerprint density at radius 1 is 1.13 bits per heavy atom. The average Bonchev–Trinajstić information content (AvgIpc) is 2.74. The molecule has 4 N–H and O–H groups in total. The number of nitrogens with zero attached hydrogens (tertiary/aromatic N) is 1. The topological polar surface area (TPSA) is 140 Å². The molecule has 1 aromatic rings. The van der Waals surface area contributed by atoms with Gasteiger partial charge in [0.15, 0.2) is 0 Å². The summed E-state index contributed by atoms with van der Waals surface area (Å²) in [6, 6.07) is 7.05. The molecule has 0 unspecified atom stereocenters. The Balaban J connectivity index is 2.13. The lowest BCUT2D eigenvalue weighted by atomic mass is 9.95. The van der Waals surface area contributed by atoms with Crippen molar-refractivity contribution in [1.82, 2.24) is 15.5 Å². The lowest BCUT2D eigenvalue weighted by Crippen LogP contribution is -2.60. The highest BCUT2D eigenvalue weighted by atomic mass is 16.5. The first kappa shape index (κ1) is 24.3. The highest BCUT2D eigenvalue weighted by Crippen LogP contribution is 2.19. The van der Waals surface area contributed by atoms with Gasteiger partial charge in [0.05, 0.1) is 0 Å². The number of primary amides is 1. The molecule has 31 heavy (non-hydrogen) atoms. The normalized spacial score (nSPS) is 19.4. The molecule has 170 valence electrons. The van der Waals surface area contributed by atoms with E-state index >= 15 is 0 Å². The first-order chi connectivity index (χ1) is 14.8. The number of benzene rings is 1. The maximum Gasteiger partial charge on any atom is 0.249 e. The molecule has 1 fully saturated rings. The van der Waals surface area contributed by atoms with Crippen molar-refractivity contribution in [2.45, 2.75) is 37.4 Å². The van der Waals surface area contributed by atoms with Crippen molar-refractivity contribution in [2.75, 3.05) is 34.0 Å². The number of ether oxygens (including phenoxy) is 2. The van der Waals surface area contributed by atoms with Crippen LogP contribution < -0.4 is 16.4 Å². The van der Waals surface area contributed by atoms with Gasteiger partial charge in [0.1, 0.15) is 25.3 Å². The van der Waals surface area contributed by atoms with Crippen LogP contribution in [0, 0.1) is 0 Å². The number of nitrogens with one attached hydrogen (secondary N) is 2. The lowest BCUT2D eigenvalue weighted by molar-refractivity contribution is -0.146. The first-order valence-electron chi connectivity index (χ1n) is 10.1. The monoisotopic (exact) mass is 434 g/mol. The number of methoxy groups -OCH3 is 2. The Labute approximate surface area is 181 Å². The minimum Gasteiger partial charge on any atom is -0.375 e. The molecule has 0 aliphatic carbocycles. The molecule has 1 aliphatic heterocycles. The maximum absolute atomic E-state index is 13.1. The van der Waals surface area contributed by atoms with Gasteiger partial charge >= 0.3 is 0 Å². The van der Waals surface area contributed by atoms with Gasteiger partial charge in [-0.1, -0.05) is 30.3 Å². The highest BCUT2D eigenvalue weighted by Gasteiger charge is 2.37. The van der Waals surface area contributed by atoms with E-state index in [1.54, 1.807) is 0 Å². The summed E-state index contributed by atoms with van der Waals surface area (Å²) >= 11 is 0. The number of hydrogen-bond acceptors (Lipinski definition) is 6. The molecule has 0 radical (unpaired) electrons. The zero-order valence-electron chi connectivity index (χ0n) is 17.8. The predicted octanol–water partition coefficient (Wildman–Crippen LogP) is -1.03. The van der Waals surface area contributed by atoms with Crippen molar-refractivity contribution in [3.63, 3.8) is 0 Å². The zero-order valence-corrected chi connectivity index (χ0v) is 17.8. The summed E-state index contributed by atoms with van der Waals surface area (Å²) in [5.74, 6) is -1.83. The summed E-state index contributed by atoms with van der Waals surface area (Å²) in [5.41, 5.74) is 6.35. The number of nitrogens with two attached hydrogens (primary N) is 1. The van der Waals surface area contributed by atoms with Crippen LogP contribution in [-0.2, 0) is 35.1 Å². The molecule has 10 nitrogen and oxygen atoms in total. The molecule has 0 saturated carbocycles. The van der Waals surface area contributed by atoms with Crippen LogP contribution in [0.5, 0.6) is 0 Å². The van der Waals surface area contributed by atoms with Gasteiger partial charge in [-0.05, 0) is 18.4 Å². The maximum atomic E-state index is 13.1. The van der Waals surface area contributed by atoms with Crippen molar-refractivity contribution in [1.29, 1.82) is 0 Å². The van der Waals surface area contributed by atoms with Crippen LogP contribution in [0.25, 0.3) is 0 Å². The van der Waals surface area contributed by atoms with Crippen molar-refractivity contribution in [2.24, 2.45) is 5.73 Å². The number of piperidine rings is 1. The van der Waals surface area contributed by atoms with Crippen LogP contribution in [0.3, 0.4) is 0 Å². The molecule has 2 rings (SSSR count). The van der Waals surface area contributed by atoms with E-state index in [2.05, 4.69) is 10.6 Å². The Morgan fingerprint density at radius 3 is 2.42 bits per heavy atom. The van der Waals surface area contributed by atoms with Crippen molar-refractivity contribution < 1.29 is 28.7 Å². The average molecular weight is 434 g/mol. The quantitative estimate of drug-likeness (QED) is 0.430. The summed E-state index contributed by atoms with van der Waals surface area (Å²) < 4.78 is 9.75. The fraction of sp³-hybridized carbons (Fsp3) is 0.524. The molecule has 0 spiro atoms.